The van der Waals surface area contributed by atoms with Gasteiger partial charge >= 0.3 is 5.97 Å². The molecule has 0 amide bonds. The van der Waals surface area contributed by atoms with Crippen LogP contribution in [0.25, 0.3) is 0 Å². The van der Waals surface area contributed by atoms with E-state index in [-0.39, 0.29) is 5.97 Å². The highest BCUT2D eigenvalue weighted by Crippen LogP contribution is 2.15. The van der Waals surface area contributed by atoms with Gasteiger partial charge in [0.1, 0.15) is 0 Å². The number of carbonyl (C=O) groups is 1. The molecule has 0 fully saturated rings. The van der Waals surface area contributed by atoms with E-state index in [9.17, 15) is 4.79 Å². The maximum atomic E-state index is 11.1. The molecule has 1 aromatic heterocycles. The van der Waals surface area contributed by atoms with E-state index < -0.39 is 0 Å². The second kappa shape index (κ2) is 6.43. The smallest absolute Gasteiger partial charge is 0.316 e. The van der Waals surface area contributed by atoms with E-state index in [1.165, 1.54) is 11.8 Å². The summed E-state index contributed by atoms with van der Waals surface area (Å²) in [7, 11) is 0. The summed E-state index contributed by atoms with van der Waals surface area (Å²) < 4.78 is 4.94. The molecule has 14 heavy (non-hydrogen) atoms. The van der Waals surface area contributed by atoms with Crippen molar-refractivity contribution in [2.75, 3.05) is 12.4 Å². The lowest BCUT2D eigenvalue weighted by Gasteiger charge is -2.02. The Morgan fingerprint density at radius 2 is 2.21 bits per heavy atom. The Balaban J connectivity index is 2.24. The van der Waals surface area contributed by atoms with E-state index in [0.29, 0.717) is 12.4 Å². The minimum atomic E-state index is -0.159. The molecule has 0 saturated heterocycles. The van der Waals surface area contributed by atoms with Gasteiger partial charge in [0.2, 0.25) is 0 Å². The van der Waals surface area contributed by atoms with Crippen molar-refractivity contribution in [3.8, 4) is 0 Å². The number of thioether (sulfide) groups is 1. The molecule has 0 spiro atoms. The molecule has 0 saturated carbocycles. The summed E-state index contributed by atoms with van der Waals surface area (Å²) in [4.78, 5) is 16.0. The van der Waals surface area contributed by atoms with Crippen LogP contribution in [0.3, 0.4) is 0 Å². The number of rotatable bonds is 5. The number of esters is 1. The topological polar surface area (TPSA) is 39.2 Å². The normalized spacial score (nSPS) is 9.79. The van der Waals surface area contributed by atoms with Gasteiger partial charge in [0.15, 0.2) is 0 Å². The lowest BCUT2D eigenvalue weighted by Crippen LogP contribution is -2.07. The van der Waals surface area contributed by atoms with Crippen LogP contribution in [-0.2, 0) is 9.53 Å². The Morgan fingerprint density at radius 3 is 2.86 bits per heavy atom. The summed E-state index contributed by atoms with van der Waals surface area (Å²) in [5.74, 6) is 0.206. The van der Waals surface area contributed by atoms with Crippen LogP contribution in [0.1, 0.15) is 13.3 Å². The highest BCUT2D eigenvalue weighted by atomic mass is 32.2. The molecule has 1 rings (SSSR count). The van der Waals surface area contributed by atoms with E-state index in [4.69, 9.17) is 4.74 Å². The molecule has 0 aromatic carbocycles. The van der Waals surface area contributed by atoms with E-state index in [0.717, 1.165) is 11.3 Å². The lowest BCUT2D eigenvalue weighted by atomic mass is 10.5. The fourth-order valence-electron chi connectivity index (χ4n) is 0.834. The number of pyridine rings is 1. The molecule has 76 valence electrons. The Labute approximate surface area is 87.9 Å². The van der Waals surface area contributed by atoms with Crippen LogP contribution in [0.15, 0.2) is 29.4 Å². The molecule has 1 heterocycles. The minimum absolute atomic E-state index is 0.159. The zero-order valence-corrected chi connectivity index (χ0v) is 8.92. The highest BCUT2D eigenvalue weighted by molar-refractivity contribution is 8.00. The van der Waals surface area contributed by atoms with Crippen molar-refractivity contribution in [1.82, 2.24) is 4.98 Å². The third-order valence-electron chi connectivity index (χ3n) is 1.47. The van der Waals surface area contributed by atoms with Crippen molar-refractivity contribution in [2.24, 2.45) is 0 Å². The van der Waals surface area contributed by atoms with Crippen LogP contribution in [-0.4, -0.2) is 23.3 Å². The molecule has 0 atom stereocenters. The van der Waals surface area contributed by atoms with E-state index in [1.807, 2.05) is 19.1 Å². The van der Waals surface area contributed by atoms with Gasteiger partial charge < -0.3 is 4.74 Å². The average Bonchev–Trinajstić information content (AvgIpc) is 2.25. The fraction of sp³-hybridized carbons (Fsp3) is 0.400. The van der Waals surface area contributed by atoms with E-state index >= 15 is 0 Å². The van der Waals surface area contributed by atoms with Crippen LogP contribution in [0.5, 0.6) is 0 Å². The van der Waals surface area contributed by atoms with Crippen LogP contribution in [0.4, 0.5) is 0 Å². The number of carbonyl (C=O) groups excluding carboxylic acids is 1. The minimum Gasteiger partial charge on any atom is -0.465 e. The van der Waals surface area contributed by atoms with Crippen molar-refractivity contribution >= 4 is 17.7 Å². The molecule has 0 N–H and O–H groups in total. The molecule has 3 nitrogen and oxygen atoms in total. The van der Waals surface area contributed by atoms with Crippen molar-refractivity contribution < 1.29 is 9.53 Å². The monoisotopic (exact) mass is 211 g/mol. The predicted molar refractivity (Wildman–Crippen MR) is 56.2 cm³/mol. The summed E-state index contributed by atoms with van der Waals surface area (Å²) in [5.41, 5.74) is 0. The molecule has 0 aliphatic carbocycles. The fourth-order valence-corrected chi connectivity index (χ4v) is 1.52. The first-order chi connectivity index (χ1) is 6.83. The lowest BCUT2D eigenvalue weighted by molar-refractivity contribution is -0.140. The van der Waals surface area contributed by atoms with Gasteiger partial charge in [0.05, 0.1) is 12.4 Å². The first kappa shape index (κ1) is 11.0. The molecule has 1 aromatic rings. The predicted octanol–water partition coefficient (Wildman–Crippen LogP) is 2.13. The van der Waals surface area contributed by atoms with Gasteiger partial charge in [-0.1, -0.05) is 6.92 Å². The van der Waals surface area contributed by atoms with Crippen LogP contribution < -0.4 is 0 Å². The maximum Gasteiger partial charge on any atom is 0.316 e. The average molecular weight is 211 g/mol. The van der Waals surface area contributed by atoms with Crippen molar-refractivity contribution in [3.05, 3.63) is 24.5 Å². The number of aromatic nitrogens is 1. The highest BCUT2D eigenvalue weighted by Gasteiger charge is 2.02. The van der Waals surface area contributed by atoms with Gasteiger partial charge in [0.25, 0.3) is 0 Å². The second-order valence-corrected chi connectivity index (χ2v) is 3.74. The second-order valence-electron chi connectivity index (χ2n) is 2.69. The van der Waals surface area contributed by atoms with E-state index in [1.54, 1.807) is 12.4 Å². The molecule has 0 unspecified atom stereocenters. The Bertz CT molecular complexity index is 277. The summed E-state index contributed by atoms with van der Waals surface area (Å²) in [6.07, 6.45) is 4.28. The summed E-state index contributed by atoms with van der Waals surface area (Å²) >= 11 is 1.46. The quantitative estimate of drug-likeness (QED) is 0.552. The number of hydrogen-bond acceptors (Lipinski definition) is 4. The Morgan fingerprint density at radius 1 is 1.50 bits per heavy atom. The summed E-state index contributed by atoms with van der Waals surface area (Å²) in [6, 6.07) is 3.75. The van der Waals surface area contributed by atoms with Crippen LogP contribution in [0.2, 0.25) is 0 Å². The van der Waals surface area contributed by atoms with Crippen LogP contribution in [0, 0.1) is 0 Å². The molecular formula is C10H13NO2S. The van der Waals surface area contributed by atoms with Gasteiger partial charge in [-0.05, 0) is 18.6 Å². The molecule has 0 bridgehead atoms. The zero-order valence-electron chi connectivity index (χ0n) is 8.10. The van der Waals surface area contributed by atoms with Crippen LogP contribution >= 0.6 is 11.8 Å². The van der Waals surface area contributed by atoms with Gasteiger partial charge in [0, 0.05) is 17.3 Å². The molecular weight excluding hydrogens is 198 g/mol. The van der Waals surface area contributed by atoms with Gasteiger partial charge in [-0.25, -0.2) is 0 Å². The van der Waals surface area contributed by atoms with Gasteiger partial charge in [-0.15, -0.1) is 11.8 Å². The van der Waals surface area contributed by atoms with E-state index in [2.05, 4.69) is 4.98 Å². The third-order valence-corrected chi connectivity index (χ3v) is 2.46. The molecule has 0 aliphatic heterocycles. The standard InChI is InChI=1S/C10H13NO2S/c1-2-7-13-10(12)8-14-9-3-5-11-6-4-9/h3-6H,2,7-8H2,1H3. The Kier molecular flexibility index (Phi) is 5.07. The number of ether oxygens (including phenoxy) is 1. The van der Waals surface area contributed by atoms with Crippen molar-refractivity contribution in [1.29, 1.82) is 0 Å². The zero-order chi connectivity index (χ0) is 10.2. The van der Waals surface area contributed by atoms with Gasteiger partial charge in [-0.3, -0.25) is 9.78 Å². The van der Waals surface area contributed by atoms with Gasteiger partial charge in [-0.2, -0.15) is 0 Å². The summed E-state index contributed by atoms with van der Waals surface area (Å²) in [6.45, 7) is 2.49. The molecule has 0 radical (unpaired) electrons. The summed E-state index contributed by atoms with van der Waals surface area (Å²) in [5, 5.41) is 0. The number of nitrogens with zero attached hydrogens (tertiary/aromatic N) is 1. The Hall–Kier alpha value is -1.03. The molecule has 4 heteroatoms. The maximum absolute atomic E-state index is 11.1. The van der Waals surface area contributed by atoms with Crippen molar-refractivity contribution in [2.45, 2.75) is 18.2 Å². The SMILES string of the molecule is CCCOC(=O)CSc1ccncc1. The first-order valence-corrected chi connectivity index (χ1v) is 5.50. The largest absolute Gasteiger partial charge is 0.465 e. The van der Waals surface area contributed by atoms with Crippen molar-refractivity contribution in [3.63, 3.8) is 0 Å². The number of hydrogen-bond donors (Lipinski definition) is 0. The molecule has 0 aliphatic rings. The first-order valence-electron chi connectivity index (χ1n) is 4.51. The third kappa shape index (κ3) is 4.28.